The zero-order valence-electron chi connectivity index (χ0n) is 8.46. The van der Waals surface area contributed by atoms with Crippen molar-refractivity contribution in [3.05, 3.63) is 37.5 Å². The SMILES string of the molecule is C=CC(=O)O.C=CCO.O=C1C=CC(=O)O1. The number of hydrogen-bond acceptors (Lipinski definition) is 5. The van der Waals surface area contributed by atoms with E-state index < -0.39 is 17.9 Å². The molecular formula is C10H12O6. The van der Waals surface area contributed by atoms with Gasteiger partial charge in [0, 0.05) is 18.2 Å². The summed E-state index contributed by atoms with van der Waals surface area (Å²) in [5.41, 5.74) is 0. The lowest BCUT2D eigenvalue weighted by molar-refractivity contribution is -0.150. The van der Waals surface area contributed by atoms with Crippen LogP contribution in [0.3, 0.4) is 0 Å². The third-order valence-electron chi connectivity index (χ3n) is 0.860. The van der Waals surface area contributed by atoms with Crippen molar-refractivity contribution in [3.8, 4) is 0 Å². The number of carbonyl (C=O) groups excluding carboxylic acids is 2. The zero-order valence-corrected chi connectivity index (χ0v) is 8.46. The van der Waals surface area contributed by atoms with Gasteiger partial charge in [0.05, 0.1) is 6.61 Å². The van der Waals surface area contributed by atoms with Gasteiger partial charge in [-0.3, -0.25) is 0 Å². The van der Waals surface area contributed by atoms with Crippen LogP contribution in [0.2, 0.25) is 0 Å². The Kier molecular flexibility index (Phi) is 11.0. The summed E-state index contributed by atoms with van der Waals surface area (Å²) in [5, 5.41) is 15.4. The fourth-order valence-corrected chi connectivity index (χ4v) is 0.303. The second kappa shape index (κ2) is 10.9. The molecule has 0 aromatic rings. The molecule has 0 aromatic carbocycles. The minimum Gasteiger partial charge on any atom is -0.478 e. The van der Waals surface area contributed by atoms with Gasteiger partial charge in [-0.1, -0.05) is 12.7 Å². The van der Waals surface area contributed by atoms with Crippen LogP contribution in [-0.2, 0) is 19.1 Å². The molecule has 0 fully saturated rings. The third kappa shape index (κ3) is 14.3. The molecule has 0 saturated heterocycles. The zero-order chi connectivity index (χ0) is 13.0. The maximum atomic E-state index is 9.92. The molecule has 1 rings (SSSR count). The molecule has 1 aliphatic heterocycles. The number of aliphatic hydroxyl groups excluding tert-OH is 1. The van der Waals surface area contributed by atoms with Crippen molar-refractivity contribution in [3.63, 3.8) is 0 Å². The summed E-state index contributed by atoms with van der Waals surface area (Å²) in [5.74, 6) is -2.14. The summed E-state index contributed by atoms with van der Waals surface area (Å²) in [7, 11) is 0. The van der Waals surface area contributed by atoms with E-state index in [1.165, 1.54) is 6.08 Å². The van der Waals surface area contributed by atoms with Gasteiger partial charge in [-0.15, -0.1) is 6.58 Å². The van der Waals surface area contributed by atoms with Crippen molar-refractivity contribution in [1.82, 2.24) is 0 Å². The van der Waals surface area contributed by atoms with E-state index in [9.17, 15) is 14.4 Å². The van der Waals surface area contributed by atoms with Crippen LogP contribution in [0.25, 0.3) is 0 Å². The highest BCUT2D eigenvalue weighted by Gasteiger charge is 2.10. The van der Waals surface area contributed by atoms with Gasteiger partial charge in [-0.05, 0) is 0 Å². The molecule has 0 unspecified atom stereocenters. The van der Waals surface area contributed by atoms with Crippen molar-refractivity contribution in [2.75, 3.05) is 6.61 Å². The van der Waals surface area contributed by atoms with Crippen LogP contribution in [0.4, 0.5) is 0 Å². The van der Waals surface area contributed by atoms with Gasteiger partial charge < -0.3 is 14.9 Å². The Bertz CT molecular complexity index is 286. The Labute approximate surface area is 92.1 Å². The number of aliphatic hydroxyl groups is 1. The molecular weight excluding hydrogens is 216 g/mol. The normalized spacial score (nSPS) is 11.3. The van der Waals surface area contributed by atoms with E-state index in [1.54, 1.807) is 0 Å². The Hall–Kier alpha value is -2.21. The molecule has 0 spiro atoms. The summed E-state index contributed by atoms with van der Waals surface area (Å²) in [6.07, 6.45) is 4.44. The summed E-state index contributed by atoms with van der Waals surface area (Å²) in [4.78, 5) is 29.1. The fourth-order valence-electron chi connectivity index (χ4n) is 0.303. The van der Waals surface area contributed by atoms with Gasteiger partial charge in [0.15, 0.2) is 0 Å². The van der Waals surface area contributed by atoms with E-state index in [0.29, 0.717) is 0 Å². The minimum atomic E-state index is -0.981. The first-order valence-electron chi connectivity index (χ1n) is 3.98. The van der Waals surface area contributed by atoms with Gasteiger partial charge >= 0.3 is 17.9 Å². The first kappa shape index (κ1) is 16.2. The predicted octanol–water partition coefficient (Wildman–Crippen LogP) is 0.0477. The van der Waals surface area contributed by atoms with Crippen LogP contribution in [0.15, 0.2) is 37.5 Å². The molecule has 0 atom stereocenters. The molecule has 2 N–H and O–H groups in total. The molecule has 16 heavy (non-hydrogen) atoms. The van der Waals surface area contributed by atoms with Crippen molar-refractivity contribution >= 4 is 17.9 Å². The van der Waals surface area contributed by atoms with E-state index in [1.807, 2.05) is 0 Å². The molecule has 0 bridgehead atoms. The monoisotopic (exact) mass is 228 g/mol. The maximum absolute atomic E-state index is 9.92. The second-order valence-electron chi connectivity index (χ2n) is 2.09. The standard InChI is InChI=1S/C4H2O3.C3H4O2.C3H6O/c5-3-1-2-4(6)7-3;1-2-3(4)5;1-2-3-4/h1-2H;2H,1H2,(H,4,5);2,4H,1,3H2. The molecule has 0 saturated carbocycles. The predicted molar refractivity (Wildman–Crippen MR) is 55.4 cm³/mol. The molecule has 1 heterocycles. The van der Waals surface area contributed by atoms with Gasteiger partial charge in [0.1, 0.15) is 0 Å². The third-order valence-corrected chi connectivity index (χ3v) is 0.860. The number of aliphatic carboxylic acids is 1. The van der Waals surface area contributed by atoms with Gasteiger partial charge in [0.25, 0.3) is 0 Å². The fraction of sp³-hybridized carbons (Fsp3) is 0.100. The van der Waals surface area contributed by atoms with E-state index >= 15 is 0 Å². The van der Waals surface area contributed by atoms with Crippen LogP contribution in [-0.4, -0.2) is 34.7 Å². The van der Waals surface area contributed by atoms with Gasteiger partial charge in [-0.2, -0.15) is 0 Å². The summed E-state index contributed by atoms with van der Waals surface area (Å²) < 4.78 is 3.97. The lowest BCUT2D eigenvalue weighted by atomic mass is 10.6. The first-order chi connectivity index (χ1) is 7.47. The van der Waals surface area contributed by atoms with Crippen molar-refractivity contribution in [2.45, 2.75) is 0 Å². The molecule has 6 heteroatoms. The largest absolute Gasteiger partial charge is 0.478 e. The molecule has 0 aliphatic carbocycles. The average molecular weight is 228 g/mol. The van der Waals surface area contributed by atoms with Crippen molar-refractivity contribution < 1.29 is 29.3 Å². The molecule has 88 valence electrons. The van der Waals surface area contributed by atoms with Crippen LogP contribution < -0.4 is 0 Å². The lowest BCUT2D eigenvalue weighted by Crippen LogP contribution is -1.96. The highest BCUT2D eigenvalue weighted by molar-refractivity contribution is 6.04. The molecule has 0 aromatic heterocycles. The summed E-state index contributed by atoms with van der Waals surface area (Å²) >= 11 is 0. The molecule has 1 aliphatic rings. The second-order valence-corrected chi connectivity index (χ2v) is 2.09. The van der Waals surface area contributed by atoms with Crippen LogP contribution in [0, 0.1) is 0 Å². The number of ether oxygens (including phenoxy) is 1. The molecule has 0 amide bonds. The molecule has 0 radical (unpaired) electrons. The van der Waals surface area contributed by atoms with Crippen LogP contribution in [0.1, 0.15) is 0 Å². The summed E-state index contributed by atoms with van der Waals surface area (Å²) in [6, 6.07) is 0. The van der Waals surface area contributed by atoms with Gasteiger partial charge in [-0.25, -0.2) is 14.4 Å². The first-order valence-corrected chi connectivity index (χ1v) is 3.98. The quantitative estimate of drug-likeness (QED) is 0.299. The number of cyclic esters (lactones) is 2. The Balaban J connectivity index is 0. The van der Waals surface area contributed by atoms with E-state index in [-0.39, 0.29) is 6.61 Å². The number of carboxylic acid groups (broad SMARTS) is 1. The Morgan fingerprint density at radius 2 is 1.62 bits per heavy atom. The highest BCUT2D eigenvalue weighted by Crippen LogP contribution is 1.92. The van der Waals surface area contributed by atoms with Gasteiger partial charge in [0.2, 0.25) is 0 Å². The maximum Gasteiger partial charge on any atom is 0.338 e. The highest BCUT2D eigenvalue weighted by atomic mass is 16.6. The number of carbonyl (C=O) groups is 3. The van der Waals surface area contributed by atoms with Crippen molar-refractivity contribution in [2.24, 2.45) is 0 Å². The number of hydrogen-bond donors (Lipinski definition) is 2. The van der Waals surface area contributed by atoms with Crippen molar-refractivity contribution in [1.29, 1.82) is 0 Å². The Morgan fingerprint density at radius 3 is 1.69 bits per heavy atom. The van der Waals surface area contributed by atoms with E-state index in [2.05, 4.69) is 17.9 Å². The number of esters is 2. The number of rotatable bonds is 2. The van der Waals surface area contributed by atoms with Crippen LogP contribution >= 0.6 is 0 Å². The summed E-state index contributed by atoms with van der Waals surface area (Å²) in [6.45, 7) is 6.27. The topological polar surface area (TPSA) is 101 Å². The number of carboxylic acids is 1. The van der Waals surface area contributed by atoms with E-state index in [0.717, 1.165) is 18.2 Å². The lowest BCUT2D eigenvalue weighted by Gasteiger charge is -1.80. The average Bonchev–Trinajstić information content (AvgIpc) is 2.63. The smallest absolute Gasteiger partial charge is 0.338 e. The molecule has 6 nitrogen and oxygen atoms in total. The van der Waals surface area contributed by atoms with Crippen LogP contribution in [0.5, 0.6) is 0 Å². The van der Waals surface area contributed by atoms with E-state index in [4.69, 9.17) is 10.2 Å². The Morgan fingerprint density at radius 1 is 1.31 bits per heavy atom. The minimum absolute atomic E-state index is 0.0833.